The molecule has 0 radical (unpaired) electrons. The molecule has 0 atom stereocenters. The Bertz CT molecular complexity index is 307. The lowest BCUT2D eigenvalue weighted by molar-refractivity contribution is 0.838. The Labute approximate surface area is 91.7 Å². The summed E-state index contributed by atoms with van der Waals surface area (Å²) in [6.45, 7) is 11.1. The lowest BCUT2D eigenvalue weighted by Gasteiger charge is -2.20. The minimum Gasteiger partial charge on any atom is -0.357 e. The zero-order valence-electron chi connectivity index (χ0n) is 10.0. The van der Waals surface area contributed by atoms with Crippen LogP contribution in [0.1, 0.15) is 26.5 Å². The van der Waals surface area contributed by atoms with Crippen molar-refractivity contribution in [2.75, 3.05) is 29.9 Å². The number of anilines is 2. The molecule has 0 saturated heterocycles. The highest BCUT2D eigenvalue weighted by atomic mass is 15.2. The standard InChI is InChI=1S/C11H20N4/c1-5-12-11-13-9(4)8-10(14-11)15(6-2)7-3/h8H,5-7H2,1-4H3,(H,12,13,14). The molecule has 0 spiro atoms. The number of aryl methyl sites for hydroxylation is 1. The van der Waals surface area contributed by atoms with Gasteiger partial charge in [0.2, 0.25) is 5.95 Å². The van der Waals surface area contributed by atoms with Gasteiger partial charge in [-0.25, -0.2) is 4.98 Å². The molecule has 0 bridgehead atoms. The Balaban J connectivity index is 2.96. The minimum absolute atomic E-state index is 0.722. The summed E-state index contributed by atoms with van der Waals surface area (Å²) in [6.07, 6.45) is 0. The van der Waals surface area contributed by atoms with Crippen molar-refractivity contribution in [2.24, 2.45) is 0 Å². The van der Waals surface area contributed by atoms with E-state index >= 15 is 0 Å². The second kappa shape index (κ2) is 5.53. The van der Waals surface area contributed by atoms with Crippen LogP contribution in [0.4, 0.5) is 11.8 Å². The van der Waals surface area contributed by atoms with Crippen LogP contribution in [0.3, 0.4) is 0 Å². The molecule has 1 heterocycles. The third-order valence-electron chi connectivity index (χ3n) is 2.26. The maximum Gasteiger partial charge on any atom is 0.224 e. The van der Waals surface area contributed by atoms with Crippen LogP contribution < -0.4 is 10.2 Å². The van der Waals surface area contributed by atoms with E-state index in [2.05, 4.69) is 34.0 Å². The molecule has 1 aromatic rings. The molecule has 0 aliphatic carbocycles. The summed E-state index contributed by atoms with van der Waals surface area (Å²) < 4.78 is 0. The Morgan fingerprint density at radius 1 is 1.20 bits per heavy atom. The van der Waals surface area contributed by atoms with Gasteiger partial charge in [-0.2, -0.15) is 4.98 Å². The van der Waals surface area contributed by atoms with E-state index in [1.165, 1.54) is 0 Å². The summed E-state index contributed by atoms with van der Waals surface area (Å²) >= 11 is 0. The van der Waals surface area contributed by atoms with Crippen LogP contribution in [-0.2, 0) is 0 Å². The van der Waals surface area contributed by atoms with Crippen molar-refractivity contribution < 1.29 is 0 Å². The molecule has 0 amide bonds. The van der Waals surface area contributed by atoms with Crippen molar-refractivity contribution in [1.29, 1.82) is 0 Å². The molecule has 15 heavy (non-hydrogen) atoms. The molecular formula is C11H20N4. The first-order valence-corrected chi connectivity index (χ1v) is 5.55. The van der Waals surface area contributed by atoms with Crippen LogP contribution in [0.2, 0.25) is 0 Å². The second-order valence-electron chi connectivity index (χ2n) is 3.39. The van der Waals surface area contributed by atoms with Crippen LogP contribution in [-0.4, -0.2) is 29.6 Å². The van der Waals surface area contributed by atoms with Gasteiger partial charge in [0.1, 0.15) is 5.82 Å². The van der Waals surface area contributed by atoms with E-state index in [-0.39, 0.29) is 0 Å². The number of hydrogen-bond acceptors (Lipinski definition) is 4. The molecule has 0 unspecified atom stereocenters. The summed E-state index contributed by atoms with van der Waals surface area (Å²) in [5.74, 6) is 1.72. The fourth-order valence-corrected chi connectivity index (χ4v) is 1.50. The zero-order valence-corrected chi connectivity index (χ0v) is 10.0. The molecule has 4 nitrogen and oxygen atoms in total. The number of hydrogen-bond donors (Lipinski definition) is 1. The van der Waals surface area contributed by atoms with Crippen molar-refractivity contribution in [1.82, 2.24) is 9.97 Å². The van der Waals surface area contributed by atoms with Gasteiger partial charge < -0.3 is 10.2 Å². The fraction of sp³-hybridized carbons (Fsp3) is 0.636. The number of rotatable bonds is 5. The summed E-state index contributed by atoms with van der Waals surface area (Å²) in [4.78, 5) is 11.0. The Kier molecular flexibility index (Phi) is 4.34. The van der Waals surface area contributed by atoms with Crippen LogP contribution in [0.25, 0.3) is 0 Å². The van der Waals surface area contributed by atoms with Gasteiger partial charge in [-0.05, 0) is 27.7 Å². The van der Waals surface area contributed by atoms with Crippen LogP contribution in [0.5, 0.6) is 0 Å². The Morgan fingerprint density at radius 3 is 2.40 bits per heavy atom. The first kappa shape index (κ1) is 11.8. The van der Waals surface area contributed by atoms with E-state index in [1.807, 2.05) is 19.9 Å². The van der Waals surface area contributed by atoms with Gasteiger partial charge in [-0.15, -0.1) is 0 Å². The lowest BCUT2D eigenvalue weighted by atomic mass is 10.4. The van der Waals surface area contributed by atoms with Gasteiger partial charge in [0.05, 0.1) is 0 Å². The fourth-order valence-electron chi connectivity index (χ4n) is 1.50. The highest BCUT2D eigenvalue weighted by Crippen LogP contribution is 2.14. The van der Waals surface area contributed by atoms with Crippen LogP contribution in [0.15, 0.2) is 6.07 Å². The quantitative estimate of drug-likeness (QED) is 0.804. The Hall–Kier alpha value is -1.32. The third-order valence-corrected chi connectivity index (χ3v) is 2.26. The average molecular weight is 208 g/mol. The molecular weight excluding hydrogens is 188 g/mol. The smallest absolute Gasteiger partial charge is 0.224 e. The van der Waals surface area contributed by atoms with Crippen molar-refractivity contribution in [2.45, 2.75) is 27.7 Å². The van der Waals surface area contributed by atoms with E-state index in [4.69, 9.17) is 0 Å². The van der Waals surface area contributed by atoms with E-state index in [9.17, 15) is 0 Å². The van der Waals surface area contributed by atoms with E-state index < -0.39 is 0 Å². The van der Waals surface area contributed by atoms with Crippen molar-refractivity contribution >= 4 is 11.8 Å². The maximum atomic E-state index is 4.47. The number of nitrogens with one attached hydrogen (secondary N) is 1. The average Bonchev–Trinajstić information content (AvgIpc) is 2.19. The highest BCUT2D eigenvalue weighted by Gasteiger charge is 2.06. The molecule has 0 aliphatic heterocycles. The van der Waals surface area contributed by atoms with Crippen molar-refractivity contribution in [3.63, 3.8) is 0 Å². The van der Waals surface area contributed by atoms with Gasteiger partial charge in [0.15, 0.2) is 0 Å². The van der Waals surface area contributed by atoms with Gasteiger partial charge in [0, 0.05) is 31.4 Å². The second-order valence-corrected chi connectivity index (χ2v) is 3.39. The molecule has 84 valence electrons. The van der Waals surface area contributed by atoms with Crippen LogP contribution >= 0.6 is 0 Å². The predicted molar refractivity (Wildman–Crippen MR) is 64.5 cm³/mol. The monoisotopic (exact) mass is 208 g/mol. The molecule has 0 aliphatic rings. The summed E-state index contributed by atoms with van der Waals surface area (Å²) in [7, 11) is 0. The molecule has 0 saturated carbocycles. The zero-order chi connectivity index (χ0) is 11.3. The number of nitrogens with zero attached hydrogens (tertiary/aromatic N) is 3. The van der Waals surface area contributed by atoms with Gasteiger partial charge in [-0.3, -0.25) is 0 Å². The molecule has 0 aromatic carbocycles. The van der Waals surface area contributed by atoms with Gasteiger partial charge in [0.25, 0.3) is 0 Å². The van der Waals surface area contributed by atoms with Crippen molar-refractivity contribution in [3.05, 3.63) is 11.8 Å². The molecule has 1 aromatic heterocycles. The summed E-state index contributed by atoms with van der Waals surface area (Å²) in [5.41, 5.74) is 1.00. The molecule has 1 N–H and O–H groups in total. The SMILES string of the molecule is CCNc1nc(C)cc(N(CC)CC)n1. The number of aromatic nitrogens is 2. The van der Waals surface area contributed by atoms with Gasteiger partial charge >= 0.3 is 0 Å². The van der Waals surface area contributed by atoms with E-state index in [0.717, 1.165) is 37.1 Å². The topological polar surface area (TPSA) is 41.1 Å². The maximum absolute atomic E-state index is 4.47. The highest BCUT2D eigenvalue weighted by molar-refractivity contribution is 5.44. The first-order valence-electron chi connectivity index (χ1n) is 5.55. The third kappa shape index (κ3) is 3.08. The molecule has 1 rings (SSSR count). The normalized spacial score (nSPS) is 10.1. The Morgan fingerprint density at radius 2 is 1.87 bits per heavy atom. The summed E-state index contributed by atoms with van der Waals surface area (Å²) in [6, 6.07) is 2.02. The first-order chi connectivity index (χ1) is 7.21. The van der Waals surface area contributed by atoms with E-state index in [0.29, 0.717) is 0 Å². The van der Waals surface area contributed by atoms with Crippen LogP contribution in [0, 0.1) is 6.92 Å². The molecule has 4 heteroatoms. The molecule has 0 fully saturated rings. The predicted octanol–water partition coefficient (Wildman–Crippen LogP) is 2.06. The minimum atomic E-state index is 0.722. The van der Waals surface area contributed by atoms with Gasteiger partial charge in [-0.1, -0.05) is 0 Å². The lowest BCUT2D eigenvalue weighted by Crippen LogP contribution is -2.23. The summed E-state index contributed by atoms with van der Waals surface area (Å²) in [5, 5.41) is 3.14. The largest absolute Gasteiger partial charge is 0.357 e. The van der Waals surface area contributed by atoms with E-state index in [1.54, 1.807) is 0 Å². The van der Waals surface area contributed by atoms with Crippen molar-refractivity contribution in [3.8, 4) is 0 Å².